The van der Waals surface area contributed by atoms with Crippen LogP contribution in [0, 0.1) is 46.3 Å². The highest BCUT2D eigenvalue weighted by Gasteiger charge is 2.62. The summed E-state index contributed by atoms with van der Waals surface area (Å²) in [6, 6.07) is 0. The van der Waals surface area contributed by atoms with Crippen LogP contribution in [-0.4, -0.2) is 45.9 Å². The summed E-state index contributed by atoms with van der Waals surface area (Å²) >= 11 is 1.34. The van der Waals surface area contributed by atoms with Gasteiger partial charge < -0.3 is 20.3 Å². The second-order valence-corrected chi connectivity index (χ2v) is 14.5. The molecule has 8 heteroatoms. The van der Waals surface area contributed by atoms with Crippen LogP contribution < -0.4 is 5.32 Å². The molecule has 3 N–H and O–H groups in total. The lowest BCUT2D eigenvalue weighted by atomic mass is 9.43. The number of aliphatic hydroxyl groups excluding tert-OH is 2. The van der Waals surface area contributed by atoms with Gasteiger partial charge >= 0.3 is 5.97 Å². The number of rotatable bonds is 8. The van der Waals surface area contributed by atoms with Crippen molar-refractivity contribution in [1.29, 1.82) is 0 Å². The Labute approximate surface area is 237 Å². The van der Waals surface area contributed by atoms with Gasteiger partial charge in [-0.05, 0) is 111 Å². The number of amides is 1. The van der Waals surface area contributed by atoms with Gasteiger partial charge in [0.2, 0.25) is 5.91 Å². The molecule has 218 valence electrons. The van der Waals surface area contributed by atoms with Crippen LogP contribution in [0.25, 0.3) is 0 Å². The Bertz CT molecular complexity index is 1050. The van der Waals surface area contributed by atoms with Crippen molar-refractivity contribution in [2.75, 3.05) is 11.9 Å². The van der Waals surface area contributed by atoms with E-state index in [9.17, 15) is 19.8 Å². The number of anilines is 1. The zero-order valence-corrected chi connectivity index (χ0v) is 25.0. The molecular weight excluding hydrogens is 512 g/mol. The van der Waals surface area contributed by atoms with Crippen LogP contribution in [0.5, 0.6) is 0 Å². The number of nitrogens with zero attached hydrogens (tertiary/aromatic N) is 1. The SMILES string of the molecule is CCOC(=O)Cc1csc(NC(=O)CCC(C)C2CCC3C4C(O)CC5CC(O)CCC5(C)C4CCC23C)n1. The minimum absolute atomic E-state index is 0.0246. The Morgan fingerprint density at radius 3 is 2.64 bits per heavy atom. The average molecular weight is 561 g/mol. The van der Waals surface area contributed by atoms with Crippen LogP contribution in [0.3, 0.4) is 0 Å². The van der Waals surface area contributed by atoms with E-state index in [0.717, 1.165) is 32.1 Å². The van der Waals surface area contributed by atoms with E-state index in [4.69, 9.17) is 4.74 Å². The minimum atomic E-state index is -0.306. The van der Waals surface area contributed by atoms with Crippen LogP contribution in [0.1, 0.15) is 97.6 Å². The summed E-state index contributed by atoms with van der Waals surface area (Å²) in [6.45, 7) is 9.38. The number of fused-ring (bicyclic) bond motifs is 5. The molecule has 7 nitrogen and oxygen atoms in total. The smallest absolute Gasteiger partial charge is 0.311 e. The van der Waals surface area contributed by atoms with E-state index >= 15 is 0 Å². The second-order valence-electron chi connectivity index (χ2n) is 13.6. The molecule has 0 radical (unpaired) electrons. The lowest BCUT2D eigenvalue weighted by Gasteiger charge is -2.62. The van der Waals surface area contributed by atoms with Crippen molar-refractivity contribution in [3.63, 3.8) is 0 Å². The number of aromatic nitrogens is 1. The second kappa shape index (κ2) is 11.4. The summed E-state index contributed by atoms with van der Waals surface area (Å²) in [6.07, 6.45) is 9.43. The van der Waals surface area contributed by atoms with E-state index in [1.54, 1.807) is 12.3 Å². The van der Waals surface area contributed by atoms with Gasteiger partial charge in [0.05, 0.1) is 30.9 Å². The fourth-order valence-electron chi connectivity index (χ4n) is 9.72. The van der Waals surface area contributed by atoms with Gasteiger partial charge in [-0.25, -0.2) is 4.98 Å². The maximum absolute atomic E-state index is 12.8. The average Bonchev–Trinajstić information content (AvgIpc) is 3.47. The lowest BCUT2D eigenvalue weighted by Crippen LogP contribution is -2.58. The van der Waals surface area contributed by atoms with E-state index in [1.165, 1.54) is 37.0 Å². The summed E-state index contributed by atoms with van der Waals surface area (Å²) in [5.74, 6) is 2.59. The third kappa shape index (κ3) is 5.54. The van der Waals surface area contributed by atoms with Gasteiger partial charge in [0, 0.05) is 11.8 Å². The highest BCUT2D eigenvalue weighted by Crippen LogP contribution is 2.68. The third-order valence-corrected chi connectivity index (χ3v) is 12.5. The molecule has 0 bridgehead atoms. The van der Waals surface area contributed by atoms with Gasteiger partial charge in [0.1, 0.15) is 0 Å². The number of nitrogens with one attached hydrogen (secondary N) is 1. The van der Waals surface area contributed by atoms with Crippen molar-refractivity contribution >= 4 is 28.3 Å². The summed E-state index contributed by atoms with van der Waals surface area (Å²) in [5, 5.41) is 27.0. The molecule has 0 aromatic carbocycles. The topological polar surface area (TPSA) is 109 Å². The molecule has 4 fully saturated rings. The predicted molar refractivity (Wildman–Crippen MR) is 152 cm³/mol. The number of carbonyl (C=O) groups is 2. The van der Waals surface area contributed by atoms with Gasteiger partial charge in [0.15, 0.2) is 5.13 Å². The molecule has 10 unspecified atom stereocenters. The van der Waals surface area contributed by atoms with Crippen molar-refractivity contribution in [3.05, 3.63) is 11.1 Å². The Hall–Kier alpha value is -1.51. The van der Waals surface area contributed by atoms with Crippen molar-refractivity contribution in [2.24, 2.45) is 46.3 Å². The lowest BCUT2D eigenvalue weighted by molar-refractivity contribution is -0.174. The molecule has 1 heterocycles. The standard InChI is InChI=1S/C31H48N2O5S/c1-5-38-27(37)16-20-17-39-29(32-20)33-26(36)9-6-18(2)22-7-8-23-28-24(11-13-31(22,23)4)30(3)12-10-21(34)14-19(30)15-25(28)35/h17-19,21-25,28,34-35H,5-16H2,1-4H3,(H,32,33,36). The van der Waals surface area contributed by atoms with Gasteiger partial charge in [-0.3, -0.25) is 9.59 Å². The Morgan fingerprint density at radius 1 is 1.13 bits per heavy atom. The van der Waals surface area contributed by atoms with Crippen LogP contribution >= 0.6 is 11.3 Å². The number of ether oxygens (including phenoxy) is 1. The summed E-state index contributed by atoms with van der Waals surface area (Å²) in [4.78, 5) is 28.8. The van der Waals surface area contributed by atoms with Gasteiger partial charge in [0.25, 0.3) is 0 Å². The fraction of sp³-hybridized carbons (Fsp3) is 0.839. The molecule has 0 spiro atoms. The first-order chi connectivity index (χ1) is 18.5. The first-order valence-electron chi connectivity index (χ1n) is 15.3. The third-order valence-electron chi connectivity index (χ3n) is 11.7. The summed E-state index contributed by atoms with van der Waals surface area (Å²) in [7, 11) is 0. The molecule has 1 aromatic rings. The molecule has 4 aliphatic carbocycles. The molecule has 0 aliphatic heterocycles. The molecule has 0 saturated heterocycles. The maximum Gasteiger partial charge on any atom is 0.311 e. The molecule has 1 aromatic heterocycles. The largest absolute Gasteiger partial charge is 0.466 e. The fourth-order valence-corrected chi connectivity index (χ4v) is 10.4. The quantitative estimate of drug-likeness (QED) is 0.358. The van der Waals surface area contributed by atoms with Gasteiger partial charge in [-0.15, -0.1) is 11.3 Å². The Kier molecular flexibility index (Phi) is 8.48. The number of hydrogen-bond acceptors (Lipinski definition) is 7. The normalized spacial score (nSPS) is 40.2. The highest BCUT2D eigenvalue weighted by molar-refractivity contribution is 7.13. The van der Waals surface area contributed by atoms with Crippen molar-refractivity contribution in [1.82, 2.24) is 4.98 Å². The van der Waals surface area contributed by atoms with E-state index in [1.807, 2.05) is 0 Å². The monoisotopic (exact) mass is 560 g/mol. The van der Waals surface area contributed by atoms with Crippen molar-refractivity contribution in [3.8, 4) is 0 Å². The van der Waals surface area contributed by atoms with Crippen LogP contribution in [0.4, 0.5) is 5.13 Å². The van der Waals surface area contributed by atoms with E-state index in [0.29, 0.717) is 59.4 Å². The number of esters is 1. The van der Waals surface area contributed by atoms with E-state index in [2.05, 4.69) is 31.1 Å². The molecular formula is C31H48N2O5S. The number of hydrogen-bond donors (Lipinski definition) is 3. The maximum atomic E-state index is 12.8. The molecule has 1 amide bonds. The zero-order chi connectivity index (χ0) is 27.9. The minimum Gasteiger partial charge on any atom is -0.466 e. The number of aliphatic hydroxyl groups is 2. The molecule has 5 rings (SSSR count). The van der Waals surface area contributed by atoms with Crippen molar-refractivity contribution in [2.45, 2.75) is 111 Å². The molecule has 4 aliphatic rings. The summed E-state index contributed by atoms with van der Waals surface area (Å²) < 4.78 is 4.98. The molecule has 4 saturated carbocycles. The zero-order valence-electron chi connectivity index (χ0n) is 24.2. The van der Waals surface area contributed by atoms with Gasteiger partial charge in [-0.2, -0.15) is 0 Å². The molecule has 39 heavy (non-hydrogen) atoms. The highest BCUT2D eigenvalue weighted by atomic mass is 32.1. The van der Waals surface area contributed by atoms with E-state index < -0.39 is 0 Å². The van der Waals surface area contributed by atoms with Crippen LogP contribution in [0.15, 0.2) is 5.38 Å². The Balaban J connectivity index is 1.17. The van der Waals surface area contributed by atoms with E-state index in [-0.39, 0.29) is 41.3 Å². The molecule has 10 atom stereocenters. The van der Waals surface area contributed by atoms with Gasteiger partial charge in [-0.1, -0.05) is 20.8 Å². The first-order valence-corrected chi connectivity index (χ1v) is 16.2. The first kappa shape index (κ1) is 29.0. The number of carbonyl (C=O) groups excluding carboxylic acids is 2. The summed E-state index contributed by atoms with van der Waals surface area (Å²) in [5.41, 5.74) is 1.09. The van der Waals surface area contributed by atoms with Crippen molar-refractivity contribution < 1.29 is 24.5 Å². The Morgan fingerprint density at radius 2 is 1.87 bits per heavy atom. The van der Waals surface area contributed by atoms with Crippen LogP contribution in [-0.2, 0) is 20.7 Å². The predicted octanol–water partition coefficient (Wildman–Crippen LogP) is 5.59. The number of thiazole rings is 1. The van der Waals surface area contributed by atoms with Crippen LogP contribution in [0.2, 0.25) is 0 Å².